The first-order chi connectivity index (χ1) is 16.0. The lowest BCUT2D eigenvalue weighted by molar-refractivity contribution is -0.139. The summed E-state index contributed by atoms with van der Waals surface area (Å²) in [7, 11) is 1.26. The topological polar surface area (TPSA) is 72.9 Å². The van der Waals surface area contributed by atoms with E-state index in [2.05, 4.69) is 0 Å². The zero-order valence-electron chi connectivity index (χ0n) is 18.1. The van der Waals surface area contributed by atoms with Crippen molar-refractivity contribution in [1.29, 1.82) is 0 Å². The summed E-state index contributed by atoms with van der Waals surface area (Å²) in [4.78, 5) is 38.0. The molecular weight excluding hydrogens is 418 g/mol. The van der Waals surface area contributed by atoms with Crippen LogP contribution in [0, 0.1) is 0 Å². The van der Waals surface area contributed by atoms with Crippen molar-refractivity contribution in [1.82, 2.24) is 0 Å². The zero-order chi connectivity index (χ0) is 23.5. The van der Waals surface area contributed by atoms with Crippen LogP contribution in [0.2, 0.25) is 0 Å². The summed E-state index contributed by atoms with van der Waals surface area (Å²) in [5, 5.41) is 0. The van der Waals surface area contributed by atoms with E-state index in [0.29, 0.717) is 11.4 Å². The van der Waals surface area contributed by atoms with E-state index in [0.717, 1.165) is 11.1 Å². The number of hydrogen-bond acceptors (Lipinski definition) is 5. The van der Waals surface area contributed by atoms with Crippen LogP contribution < -0.4 is 9.64 Å². The van der Waals surface area contributed by atoms with Crippen molar-refractivity contribution in [3.05, 3.63) is 108 Å². The molecule has 1 amide bonds. The second kappa shape index (κ2) is 11.8. The maximum atomic E-state index is 12.8. The van der Waals surface area contributed by atoms with Crippen LogP contribution in [0.25, 0.3) is 12.2 Å². The number of benzene rings is 3. The lowest BCUT2D eigenvalue weighted by atomic mass is 10.2. The van der Waals surface area contributed by atoms with Gasteiger partial charge in [0.05, 0.1) is 7.11 Å². The van der Waals surface area contributed by atoms with Gasteiger partial charge in [-0.3, -0.25) is 14.5 Å². The molecule has 0 saturated heterocycles. The van der Waals surface area contributed by atoms with Gasteiger partial charge in [0, 0.05) is 17.8 Å². The Hall–Kier alpha value is -4.45. The number of ether oxygens (including phenoxy) is 2. The number of carbonyl (C=O) groups is 3. The quantitative estimate of drug-likeness (QED) is 0.292. The number of carbonyl (C=O) groups excluding carboxylic acids is 3. The van der Waals surface area contributed by atoms with Gasteiger partial charge >= 0.3 is 11.9 Å². The highest BCUT2D eigenvalue weighted by molar-refractivity contribution is 6.06. The molecule has 0 spiro atoms. The van der Waals surface area contributed by atoms with E-state index in [4.69, 9.17) is 9.47 Å². The fraction of sp³-hybridized carbons (Fsp3) is 0.0741. The number of esters is 2. The Morgan fingerprint density at radius 2 is 1.30 bits per heavy atom. The van der Waals surface area contributed by atoms with E-state index in [1.165, 1.54) is 24.2 Å². The Bertz CT molecular complexity index is 1140. The molecule has 3 rings (SSSR count). The fourth-order valence-corrected chi connectivity index (χ4v) is 2.88. The lowest BCUT2D eigenvalue weighted by Gasteiger charge is -2.20. The predicted molar refractivity (Wildman–Crippen MR) is 127 cm³/mol. The molecule has 0 heterocycles. The fourth-order valence-electron chi connectivity index (χ4n) is 2.88. The highest BCUT2D eigenvalue weighted by Crippen LogP contribution is 2.21. The predicted octanol–water partition coefficient (Wildman–Crippen LogP) is 4.52. The van der Waals surface area contributed by atoms with Crippen LogP contribution in [-0.4, -0.2) is 31.5 Å². The Labute approximate surface area is 192 Å². The molecule has 0 unspecified atom stereocenters. The van der Waals surface area contributed by atoms with Gasteiger partial charge in [0.25, 0.3) is 5.91 Å². The molecule has 0 radical (unpaired) electrons. The number of nitrogens with zero attached hydrogens (tertiary/aromatic N) is 1. The van der Waals surface area contributed by atoms with Gasteiger partial charge in [0.1, 0.15) is 12.3 Å². The molecule has 33 heavy (non-hydrogen) atoms. The maximum Gasteiger partial charge on any atom is 0.336 e. The minimum Gasteiger partial charge on any atom is -0.468 e. The molecule has 0 fully saturated rings. The molecule has 6 nitrogen and oxygen atoms in total. The van der Waals surface area contributed by atoms with E-state index in [1.54, 1.807) is 36.4 Å². The Balaban J connectivity index is 1.70. The molecule has 0 aromatic heterocycles. The molecular formula is C27H23NO5. The average Bonchev–Trinajstić information content (AvgIpc) is 2.86. The van der Waals surface area contributed by atoms with Crippen molar-refractivity contribution in [2.75, 3.05) is 18.6 Å². The summed E-state index contributed by atoms with van der Waals surface area (Å²) < 4.78 is 10.0. The molecule has 0 N–H and O–H groups in total. The molecule has 3 aromatic rings. The van der Waals surface area contributed by atoms with Gasteiger partial charge < -0.3 is 9.47 Å². The van der Waals surface area contributed by atoms with Crippen molar-refractivity contribution < 1.29 is 23.9 Å². The smallest absolute Gasteiger partial charge is 0.336 e. The van der Waals surface area contributed by atoms with E-state index in [-0.39, 0.29) is 12.5 Å². The van der Waals surface area contributed by atoms with Crippen LogP contribution >= 0.6 is 0 Å². The molecule has 0 aliphatic rings. The Morgan fingerprint density at radius 3 is 1.85 bits per heavy atom. The summed E-state index contributed by atoms with van der Waals surface area (Å²) in [6.45, 7) is -0.257. The highest BCUT2D eigenvalue weighted by Gasteiger charge is 2.18. The van der Waals surface area contributed by atoms with Crippen molar-refractivity contribution in [2.45, 2.75) is 0 Å². The Morgan fingerprint density at radius 1 is 0.758 bits per heavy atom. The second-order valence-electron chi connectivity index (χ2n) is 6.90. The molecule has 166 valence electrons. The number of hydrogen-bond donors (Lipinski definition) is 0. The summed E-state index contributed by atoms with van der Waals surface area (Å²) in [5.74, 6) is -1.16. The molecule has 0 saturated carbocycles. The summed E-state index contributed by atoms with van der Waals surface area (Å²) in [6, 6.07) is 25.0. The van der Waals surface area contributed by atoms with Gasteiger partial charge in [-0.05, 0) is 47.5 Å². The first-order valence-electron chi connectivity index (χ1n) is 10.2. The lowest BCUT2D eigenvalue weighted by Crippen LogP contribution is -2.35. The standard InChI is InChI=1S/C27H23NO5/c1-32-27(31)20-28(25(29)18-12-21-8-4-2-5-9-21)23-14-16-24(17-15-23)33-26(30)19-13-22-10-6-3-7-11-22/h2-19H,20H2,1H3. The SMILES string of the molecule is COC(=O)CN(C(=O)C=Cc1ccccc1)c1ccc(OC(=O)C=Cc2ccccc2)cc1. The summed E-state index contributed by atoms with van der Waals surface area (Å²) in [6.07, 6.45) is 6.06. The zero-order valence-corrected chi connectivity index (χ0v) is 18.1. The van der Waals surface area contributed by atoms with Gasteiger partial charge in [-0.15, -0.1) is 0 Å². The van der Waals surface area contributed by atoms with Gasteiger partial charge in [0.2, 0.25) is 0 Å². The third kappa shape index (κ3) is 7.33. The van der Waals surface area contributed by atoms with Crippen LogP contribution in [0.5, 0.6) is 5.75 Å². The summed E-state index contributed by atoms with van der Waals surface area (Å²) >= 11 is 0. The van der Waals surface area contributed by atoms with Gasteiger partial charge in [0.15, 0.2) is 0 Å². The number of amides is 1. The van der Waals surface area contributed by atoms with Crippen molar-refractivity contribution in [2.24, 2.45) is 0 Å². The maximum absolute atomic E-state index is 12.8. The first kappa shape index (κ1) is 23.2. The van der Waals surface area contributed by atoms with Gasteiger partial charge in [-0.25, -0.2) is 4.79 Å². The van der Waals surface area contributed by atoms with Crippen LogP contribution in [0.1, 0.15) is 11.1 Å². The van der Waals surface area contributed by atoms with E-state index >= 15 is 0 Å². The highest BCUT2D eigenvalue weighted by atomic mass is 16.5. The monoisotopic (exact) mass is 441 g/mol. The molecule has 3 aromatic carbocycles. The van der Waals surface area contributed by atoms with Crippen molar-refractivity contribution in [3.63, 3.8) is 0 Å². The molecule has 0 atom stereocenters. The van der Waals surface area contributed by atoms with Crippen LogP contribution in [0.15, 0.2) is 97.1 Å². The van der Waals surface area contributed by atoms with E-state index in [1.807, 2.05) is 60.7 Å². The molecule has 0 bridgehead atoms. The number of anilines is 1. The molecule has 0 aliphatic heterocycles. The molecule has 6 heteroatoms. The van der Waals surface area contributed by atoms with Crippen molar-refractivity contribution >= 4 is 35.7 Å². The number of methoxy groups -OCH3 is 1. The second-order valence-corrected chi connectivity index (χ2v) is 6.90. The van der Waals surface area contributed by atoms with Gasteiger partial charge in [-0.2, -0.15) is 0 Å². The van der Waals surface area contributed by atoms with Crippen LogP contribution in [0.4, 0.5) is 5.69 Å². The third-order valence-electron chi connectivity index (χ3n) is 4.58. The molecule has 0 aliphatic carbocycles. The van der Waals surface area contributed by atoms with Crippen LogP contribution in [0.3, 0.4) is 0 Å². The average molecular weight is 441 g/mol. The number of rotatable bonds is 8. The first-order valence-corrected chi connectivity index (χ1v) is 10.2. The van der Waals surface area contributed by atoms with Gasteiger partial charge in [-0.1, -0.05) is 60.7 Å². The normalized spacial score (nSPS) is 10.8. The third-order valence-corrected chi connectivity index (χ3v) is 4.58. The minimum atomic E-state index is -0.557. The largest absolute Gasteiger partial charge is 0.468 e. The van der Waals surface area contributed by atoms with Crippen molar-refractivity contribution in [3.8, 4) is 5.75 Å². The van der Waals surface area contributed by atoms with E-state index < -0.39 is 11.9 Å². The summed E-state index contributed by atoms with van der Waals surface area (Å²) in [5.41, 5.74) is 2.20. The van der Waals surface area contributed by atoms with Crippen LogP contribution in [-0.2, 0) is 19.1 Å². The Kier molecular flexibility index (Phi) is 8.31. The minimum absolute atomic E-state index is 0.257. The van der Waals surface area contributed by atoms with E-state index in [9.17, 15) is 14.4 Å².